The number of likely N-dealkylation sites (tertiary alicyclic amines) is 1. The number of esters is 1. The van der Waals surface area contributed by atoms with Crippen molar-refractivity contribution in [2.24, 2.45) is 11.8 Å². The number of nitrogens with zero attached hydrogens (tertiary/aromatic N) is 1. The van der Waals surface area contributed by atoms with Crippen LogP contribution < -0.4 is 10.6 Å². The minimum atomic E-state index is -1.23. The monoisotopic (exact) mass is 639 g/mol. The van der Waals surface area contributed by atoms with Crippen molar-refractivity contribution in [2.75, 3.05) is 25.1 Å². The zero-order chi connectivity index (χ0) is 33.6. The van der Waals surface area contributed by atoms with Gasteiger partial charge in [0.15, 0.2) is 0 Å². The lowest BCUT2D eigenvalue weighted by Gasteiger charge is -2.26. The van der Waals surface area contributed by atoms with Crippen LogP contribution >= 0.6 is 0 Å². The second-order valence-corrected chi connectivity index (χ2v) is 12.0. The predicted octanol–water partition coefficient (Wildman–Crippen LogP) is 5.20. The van der Waals surface area contributed by atoms with Crippen LogP contribution in [-0.4, -0.2) is 65.5 Å². The molecule has 0 unspecified atom stereocenters. The Labute approximate surface area is 276 Å². The summed E-state index contributed by atoms with van der Waals surface area (Å²) in [7, 11) is 0. The molecule has 3 amide bonds. The summed E-state index contributed by atoms with van der Waals surface area (Å²) in [6.45, 7) is 7.52. The van der Waals surface area contributed by atoms with Crippen molar-refractivity contribution in [2.45, 2.75) is 57.0 Å². The fourth-order valence-electron chi connectivity index (χ4n) is 5.94. The Kier molecular flexibility index (Phi) is 13.3. The molecule has 0 saturated carbocycles. The zero-order valence-corrected chi connectivity index (χ0v) is 26.8. The quantitative estimate of drug-likeness (QED) is 0.138. The molecule has 0 bridgehead atoms. The molecular weight excluding hydrogens is 594 g/mol. The predicted molar refractivity (Wildman–Crippen MR) is 183 cm³/mol. The Balaban J connectivity index is 1.50. The highest BCUT2D eigenvalue weighted by Crippen LogP contribution is 2.22. The van der Waals surface area contributed by atoms with E-state index in [0.717, 1.165) is 22.8 Å². The lowest BCUT2D eigenvalue weighted by atomic mass is 9.95. The molecular formula is C38H45N3O6. The second kappa shape index (κ2) is 17.8. The molecule has 3 aromatic carbocycles. The molecule has 4 rings (SSSR count). The maximum absolute atomic E-state index is 13.7. The molecule has 0 spiro atoms. The maximum Gasteiger partial charge on any atom is 0.309 e. The fraction of sp³-hybridized carbons (Fsp3) is 0.368. The largest absolute Gasteiger partial charge is 0.463 e. The lowest BCUT2D eigenvalue weighted by molar-refractivity contribution is -0.150. The van der Waals surface area contributed by atoms with Crippen LogP contribution in [-0.2, 0) is 30.3 Å². The number of allylic oxidation sites excluding steroid dienone is 2. The van der Waals surface area contributed by atoms with Gasteiger partial charge in [0.25, 0.3) is 5.91 Å². The number of carbonyl (C=O) groups excluding carboxylic acids is 4. The number of ether oxygens (including phenoxy) is 1. The Bertz CT molecular complexity index is 1540. The van der Waals surface area contributed by atoms with Gasteiger partial charge in [-0.05, 0) is 67.0 Å². The third-order valence-corrected chi connectivity index (χ3v) is 8.57. The smallest absolute Gasteiger partial charge is 0.309 e. The average Bonchev–Trinajstić information content (AvgIpc) is 3.58. The van der Waals surface area contributed by atoms with E-state index in [1.807, 2.05) is 66.7 Å². The molecule has 1 aliphatic heterocycles. The van der Waals surface area contributed by atoms with Gasteiger partial charge in [-0.2, -0.15) is 0 Å². The van der Waals surface area contributed by atoms with Crippen molar-refractivity contribution in [1.82, 2.24) is 10.2 Å². The van der Waals surface area contributed by atoms with Crippen LogP contribution in [0.5, 0.6) is 0 Å². The van der Waals surface area contributed by atoms with E-state index in [-0.39, 0.29) is 31.4 Å². The first-order valence-corrected chi connectivity index (χ1v) is 16.3. The highest BCUT2D eigenvalue weighted by atomic mass is 16.5. The van der Waals surface area contributed by atoms with E-state index in [2.05, 4.69) is 23.8 Å². The van der Waals surface area contributed by atoms with E-state index in [9.17, 15) is 24.3 Å². The number of fused-ring (bicyclic) bond motifs is 1. The first-order chi connectivity index (χ1) is 22.8. The number of aliphatic hydroxyl groups excluding tert-OH is 1. The first-order valence-electron chi connectivity index (χ1n) is 16.3. The molecule has 3 N–H and O–H groups in total. The summed E-state index contributed by atoms with van der Waals surface area (Å²) >= 11 is 0. The number of hydrogen-bond acceptors (Lipinski definition) is 6. The van der Waals surface area contributed by atoms with Crippen LogP contribution in [0.4, 0.5) is 5.69 Å². The van der Waals surface area contributed by atoms with Crippen molar-refractivity contribution in [1.29, 1.82) is 0 Å². The molecule has 9 nitrogen and oxygen atoms in total. The zero-order valence-electron chi connectivity index (χ0n) is 26.8. The molecule has 4 atom stereocenters. The number of rotatable bonds is 17. The van der Waals surface area contributed by atoms with Gasteiger partial charge in [0.2, 0.25) is 11.8 Å². The molecule has 3 aromatic rings. The van der Waals surface area contributed by atoms with Crippen molar-refractivity contribution in [3.05, 3.63) is 104 Å². The molecule has 9 heteroatoms. The number of amides is 3. The molecule has 1 fully saturated rings. The number of carbonyl (C=O) groups is 4. The number of nitrogens with one attached hydrogen (secondary N) is 2. The molecule has 0 radical (unpaired) electrons. The summed E-state index contributed by atoms with van der Waals surface area (Å²) in [5.74, 6) is -3.07. The van der Waals surface area contributed by atoms with E-state index in [1.165, 1.54) is 0 Å². The summed E-state index contributed by atoms with van der Waals surface area (Å²) < 4.78 is 5.72. The number of hydrogen-bond donors (Lipinski definition) is 3. The minimum Gasteiger partial charge on any atom is -0.463 e. The van der Waals surface area contributed by atoms with Gasteiger partial charge in [-0.1, -0.05) is 72.8 Å². The minimum absolute atomic E-state index is 0.103. The molecule has 1 aliphatic rings. The van der Waals surface area contributed by atoms with Crippen molar-refractivity contribution < 1.29 is 29.0 Å². The van der Waals surface area contributed by atoms with E-state index in [0.29, 0.717) is 37.9 Å². The second-order valence-electron chi connectivity index (χ2n) is 12.0. The van der Waals surface area contributed by atoms with Crippen LogP contribution in [0.15, 0.2) is 98.1 Å². The van der Waals surface area contributed by atoms with Gasteiger partial charge in [-0.25, -0.2) is 0 Å². The van der Waals surface area contributed by atoms with E-state index in [1.54, 1.807) is 23.1 Å². The highest BCUT2D eigenvalue weighted by molar-refractivity contribution is 5.99. The number of anilines is 1. The topological polar surface area (TPSA) is 125 Å². The third kappa shape index (κ3) is 10.1. The van der Waals surface area contributed by atoms with Gasteiger partial charge < -0.3 is 25.4 Å². The van der Waals surface area contributed by atoms with Gasteiger partial charge in [0.05, 0.1) is 24.5 Å². The van der Waals surface area contributed by atoms with Gasteiger partial charge in [-0.15, -0.1) is 13.2 Å². The van der Waals surface area contributed by atoms with Gasteiger partial charge in [-0.3, -0.25) is 19.2 Å². The van der Waals surface area contributed by atoms with Gasteiger partial charge in [0, 0.05) is 18.7 Å². The van der Waals surface area contributed by atoms with Crippen LogP contribution in [0.3, 0.4) is 0 Å². The Morgan fingerprint density at radius 2 is 1.68 bits per heavy atom. The van der Waals surface area contributed by atoms with Crippen LogP contribution in [0.1, 0.15) is 44.1 Å². The SMILES string of the molecule is C=CCC[C@H](Cc1ccccc1)C(=O)OC[C@H](NC(=O)[C@@H](CC=C)CC(=O)N1CCC[C@H]1CO)C(=O)Nc1ccc2ccccc2c1. The average molecular weight is 640 g/mol. The van der Waals surface area contributed by atoms with Crippen LogP contribution in [0.2, 0.25) is 0 Å². The summed E-state index contributed by atoms with van der Waals surface area (Å²) in [6, 6.07) is 21.3. The van der Waals surface area contributed by atoms with Gasteiger partial charge in [0.1, 0.15) is 12.6 Å². The van der Waals surface area contributed by atoms with Crippen LogP contribution in [0.25, 0.3) is 10.8 Å². The summed E-state index contributed by atoms with van der Waals surface area (Å²) in [5, 5.41) is 17.2. The Morgan fingerprint density at radius 3 is 2.40 bits per heavy atom. The molecule has 1 heterocycles. The highest BCUT2D eigenvalue weighted by Gasteiger charge is 2.33. The first kappa shape index (κ1) is 35.1. The third-order valence-electron chi connectivity index (χ3n) is 8.57. The van der Waals surface area contributed by atoms with Gasteiger partial charge >= 0.3 is 5.97 Å². The Morgan fingerprint density at radius 1 is 0.936 bits per heavy atom. The Hall–Kier alpha value is -4.76. The molecule has 0 aromatic heterocycles. The molecule has 0 aliphatic carbocycles. The van der Waals surface area contributed by atoms with Crippen molar-refractivity contribution >= 4 is 40.2 Å². The lowest BCUT2D eigenvalue weighted by Crippen LogP contribution is -2.50. The van der Waals surface area contributed by atoms with E-state index >= 15 is 0 Å². The van der Waals surface area contributed by atoms with Crippen molar-refractivity contribution in [3.63, 3.8) is 0 Å². The van der Waals surface area contributed by atoms with E-state index < -0.39 is 42.3 Å². The number of benzene rings is 3. The molecule has 248 valence electrons. The number of aliphatic hydroxyl groups is 1. The van der Waals surface area contributed by atoms with E-state index in [4.69, 9.17) is 4.74 Å². The standard InChI is InChI=1S/C38H45N3O6/c1-3-5-15-31(22-27-13-7-6-8-14-27)38(46)47-26-34(37(45)39-32-20-19-28-16-9-10-17-29(28)23-32)40-36(44)30(12-4-2)24-35(43)41-21-11-18-33(41)25-42/h3-4,6-10,13-14,16-17,19-20,23,30-31,33-34,42H,1-2,5,11-12,15,18,21-22,24-26H2,(H,39,45)(H,40,44)/t30-,31+,33-,34-/m0/s1. The molecule has 1 saturated heterocycles. The summed E-state index contributed by atoms with van der Waals surface area (Å²) in [6.07, 6.45) is 6.50. The van der Waals surface area contributed by atoms with Crippen molar-refractivity contribution in [3.8, 4) is 0 Å². The van der Waals surface area contributed by atoms with Crippen LogP contribution in [0, 0.1) is 11.8 Å². The summed E-state index contributed by atoms with van der Waals surface area (Å²) in [4.78, 5) is 55.4. The molecule has 47 heavy (non-hydrogen) atoms. The maximum atomic E-state index is 13.7. The normalized spacial score (nSPS) is 16.1. The fourth-order valence-corrected chi connectivity index (χ4v) is 5.94. The summed E-state index contributed by atoms with van der Waals surface area (Å²) in [5.41, 5.74) is 1.50.